The molecule has 0 unspecified atom stereocenters. The summed E-state index contributed by atoms with van der Waals surface area (Å²) in [4.78, 5) is 18.7. The minimum atomic E-state index is -4.48. The number of rotatable bonds is 6. The van der Waals surface area contributed by atoms with Crippen LogP contribution < -0.4 is 0 Å². The molecule has 0 radical (unpaired) electrons. The fourth-order valence-corrected chi connectivity index (χ4v) is 4.45. The Morgan fingerprint density at radius 2 is 1.89 bits per heavy atom. The number of aromatic nitrogens is 1. The van der Waals surface area contributed by atoms with E-state index in [9.17, 15) is 18.0 Å². The molecule has 2 aromatic heterocycles. The van der Waals surface area contributed by atoms with Crippen molar-refractivity contribution in [1.82, 2.24) is 4.98 Å². The third-order valence-electron chi connectivity index (χ3n) is 3.91. The summed E-state index contributed by atoms with van der Waals surface area (Å²) in [5.41, 5.74) is 0.634. The molecule has 0 N–H and O–H groups in total. The first-order valence-electron chi connectivity index (χ1n) is 8.25. The van der Waals surface area contributed by atoms with Crippen LogP contribution in [0.25, 0.3) is 0 Å². The van der Waals surface area contributed by atoms with Crippen LogP contribution in [0.5, 0.6) is 0 Å². The van der Waals surface area contributed by atoms with Crippen LogP contribution >= 0.6 is 34.7 Å². The molecular formula is C20H15ClF3NOS2. The number of benzene rings is 1. The number of thiophene rings is 1. The topological polar surface area (TPSA) is 30.0 Å². The first-order chi connectivity index (χ1) is 13.2. The van der Waals surface area contributed by atoms with Crippen molar-refractivity contribution in [2.24, 2.45) is 0 Å². The summed E-state index contributed by atoms with van der Waals surface area (Å²) in [7, 11) is 0. The molecule has 8 heteroatoms. The summed E-state index contributed by atoms with van der Waals surface area (Å²) < 4.78 is 38.1. The highest BCUT2D eigenvalue weighted by molar-refractivity contribution is 8.00. The van der Waals surface area contributed by atoms with Crippen LogP contribution in [0.1, 0.15) is 31.4 Å². The summed E-state index contributed by atoms with van der Waals surface area (Å²) in [6.07, 6.45) is -3.42. The van der Waals surface area contributed by atoms with Gasteiger partial charge >= 0.3 is 6.18 Å². The predicted octanol–water partition coefficient (Wildman–Crippen LogP) is 6.69. The predicted molar refractivity (Wildman–Crippen MR) is 108 cm³/mol. The highest BCUT2D eigenvalue weighted by Gasteiger charge is 2.31. The minimum absolute atomic E-state index is 0.00769. The van der Waals surface area contributed by atoms with Crippen LogP contribution in [0.4, 0.5) is 13.2 Å². The van der Waals surface area contributed by atoms with Gasteiger partial charge in [0.2, 0.25) is 0 Å². The highest BCUT2D eigenvalue weighted by Crippen LogP contribution is 2.32. The molecule has 0 aliphatic heterocycles. The van der Waals surface area contributed by atoms with Gasteiger partial charge in [0.1, 0.15) is 0 Å². The maximum Gasteiger partial charge on any atom is 0.417 e. The van der Waals surface area contributed by atoms with Crippen molar-refractivity contribution in [3.05, 3.63) is 80.3 Å². The summed E-state index contributed by atoms with van der Waals surface area (Å²) in [6.45, 7) is 2.00. The van der Waals surface area contributed by atoms with Gasteiger partial charge in [-0.3, -0.25) is 9.78 Å². The van der Waals surface area contributed by atoms with Gasteiger partial charge in [-0.1, -0.05) is 29.3 Å². The molecule has 0 bridgehead atoms. The van der Waals surface area contributed by atoms with Gasteiger partial charge in [-0.25, -0.2) is 0 Å². The second-order valence-corrected chi connectivity index (χ2v) is 8.74. The number of alkyl halides is 3. The minimum Gasteiger partial charge on any atom is -0.292 e. The van der Waals surface area contributed by atoms with Gasteiger partial charge in [-0.05, 0) is 37.3 Å². The van der Waals surface area contributed by atoms with Crippen molar-refractivity contribution < 1.29 is 18.0 Å². The standard InChI is InChI=1S/C20H15ClF3NOS2/c1-12-2-4-14(5-3-12)27-11-18(26)19-7-6-15(28-19)9-17-16(21)8-13(10-25-17)20(22,23)24/h2-8,10H,9,11H2,1H3. The Hall–Kier alpha value is -1.83. The number of aryl methyl sites for hydroxylation is 1. The van der Waals surface area contributed by atoms with E-state index in [1.807, 2.05) is 31.2 Å². The number of thioether (sulfide) groups is 1. The number of ketones is 1. The number of halogens is 4. The van der Waals surface area contributed by atoms with Gasteiger partial charge in [-0.15, -0.1) is 23.1 Å². The van der Waals surface area contributed by atoms with Gasteiger partial charge in [0.25, 0.3) is 0 Å². The van der Waals surface area contributed by atoms with Crippen molar-refractivity contribution in [3.8, 4) is 0 Å². The average Bonchev–Trinajstić information content (AvgIpc) is 3.10. The maximum absolute atomic E-state index is 12.7. The van der Waals surface area contributed by atoms with Crippen molar-refractivity contribution in [2.75, 3.05) is 5.75 Å². The van der Waals surface area contributed by atoms with Gasteiger partial charge in [0.15, 0.2) is 5.78 Å². The Kier molecular flexibility index (Phi) is 6.47. The zero-order valence-corrected chi connectivity index (χ0v) is 17.1. The molecular weight excluding hydrogens is 427 g/mol. The maximum atomic E-state index is 12.7. The van der Waals surface area contributed by atoms with E-state index < -0.39 is 11.7 Å². The largest absolute Gasteiger partial charge is 0.417 e. The Bertz CT molecular complexity index is 984. The Morgan fingerprint density at radius 1 is 1.18 bits per heavy atom. The van der Waals surface area contributed by atoms with E-state index in [2.05, 4.69) is 4.98 Å². The van der Waals surface area contributed by atoms with Gasteiger partial charge in [0, 0.05) is 22.4 Å². The van der Waals surface area contributed by atoms with Crippen LogP contribution in [0.3, 0.4) is 0 Å². The molecule has 1 aromatic carbocycles. The van der Waals surface area contributed by atoms with E-state index in [1.165, 1.54) is 23.1 Å². The molecule has 3 rings (SSSR count). The van der Waals surface area contributed by atoms with Crippen molar-refractivity contribution in [2.45, 2.75) is 24.4 Å². The van der Waals surface area contributed by atoms with Gasteiger partial charge in [-0.2, -0.15) is 13.2 Å². The highest BCUT2D eigenvalue weighted by atomic mass is 35.5. The van der Waals surface area contributed by atoms with Crippen LogP contribution in [0.2, 0.25) is 5.02 Å². The zero-order chi connectivity index (χ0) is 20.3. The first-order valence-corrected chi connectivity index (χ1v) is 10.4. The fourth-order valence-electron chi connectivity index (χ4n) is 2.39. The summed E-state index contributed by atoms with van der Waals surface area (Å²) >= 11 is 8.73. The Balaban J connectivity index is 1.63. The quantitative estimate of drug-likeness (QED) is 0.315. The molecule has 28 heavy (non-hydrogen) atoms. The first kappa shape index (κ1) is 20.9. The summed E-state index contributed by atoms with van der Waals surface area (Å²) in [5.74, 6) is 0.329. The molecule has 2 nitrogen and oxygen atoms in total. The molecule has 2 heterocycles. The molecule has 0 aliphatic rings. The van der Waals surface area contributed by atoms with Crippen LogP contribution in [-0.4, -0.2) is 16.5 Å². The van der Waals surface area contributed by atoms with E-state index in [-0.39, 0.29) is 17.2 Å². The lowest BCUT2D eigenvalue weighted by Crippen LogP contribution is -2.06. The number of carbonyl (C=O) groups excluding carboxylic acids is 1. The second kappa shape index (κ2) is 8.68. The SMILES string of the molecule is Cc1ccc(SCC(=O)c2ccc(Cc3ncc(C(F)(F)F)cc3Cl)s2)cc1. The number of carbonyl (C=O) groups is 1. The van der Waals surface area contributed by atoms with Gasteiger partial charge in [0.05, 0.1) is 26.9 Å². The average molecular weight is 442 g/mol. The van der Waals surface area contributed by atoms with E-state index in [0.717, 1.165) is 27.6 Å². The molecule has 0 amide bonds. The lowest BCUT2D eigenvalue weighted by atomic mass is 10.2. The summed E-state index contributed by atoms with van der Waals surface area (Å²) in [5, 5.41) is -0.0361. The van der Waals surface area contributed by atoms with E-state index >= 15 is 0 Å². The normalized spacial score (nSPS) is 11.6. The van der Waals surface area contributed by atoms with E-state index in [1.54, 1.807) is 12.1 Å². The zero-order valence-electron chi connectivity index (χ0n) is 14.7. The second-order valence-electron chi connectivity index (χ2n) is 6.12. The van der Waals surface area contributed by atoms with E-state index in [0.29, 0.717) is 16.3 Å². The monoisotopic (exact) mass is 441 g/mol. The Morgan fingerprint density at radius 3 is 2.54 bits per heavy atom. The smallest absolute Gasteiger partial charge is 0.292 e. The number of hydrogen-bond donors (Lipinski definition) is 0. The van der Waals surface area contributed by atoms with Gasteiger partial charge < -0.3 is 0 Å². The summed E-state index contributed by atoms with van der Waals surface area (Å²) in [6, 6.07) is 12.3. The molecule has 0 spiro atoms. The molecule has 0 atom stereocenters. The molecule has 146 valence electrons. The lowest BCUT2D eigenvalue weighted by molar-refractivity contribution is -0.137. The molecule has 3 aromatic rings. The number of Topliss-reactive ketones (excluding diaryl/α,β-unsaturated/α-hetero) is 1. The number of nitrogens with zero attached hydrogens (tertiary/aromatic N) is 1. The third-order valence-corrected chi connectivity index (χ3v) is 6.38. The van der Waals surface area contributed by atoms with Crippen LogP contribution in [0.15, 0.2) is 53.6 Å². The Labute approximate surface area is 173 Å². The van der Waals surface area contributed by atoms with Crippen LogP contribution in [-0.2, 0) is 12.6 Å². The molecule has 0 saturated heterocycles. The number of hydrogen-bond acceptors (Lipinski definition) is 4. The van der Waals surface area contributed by atoms with Crippen molar-refractivity contribution in [3.63, 3.8) is 0 Å². The molecule has 0 aliphatic carbocycles. The van der Waals surface area contributed by atoms with Crippen molar-refractivity contribution in [1.29, 1.82) is 0 Å². The van der Waals surface area contributed by atoms with E-state index in [4.69, 9.17) is 11.6 Å². The fraction of sp³-hybridized carbons (Fsp3) is 0.200. The third kappa shape index (κ3) is 5.37. The lowest BCUT2D eigenvalue weighted by Gasteiger charge is -2.08. The number of pyridine rings is 1. The molecule has 0 saturated carbocycles. The molecule has 0 fully saturated rings. The van der Waals surface area contributed by atoms with Crippen molar-refractivity contribution >= 4 is 40.5 Å². The van der Waals surface area contributed by atoms with Crippen LogP contribution in [0, 0.1) is 6.92 Å².